The van der Waals surface area contributed by atoms with Crippen LogP contribution in [0.4, 0.5) is 0 Å². The highest BCUT2D eigenvalue weighted by Gasteiger charge is 2.13. The van der Waals surface area contributed by atoms with Crippen LogP contribution in [-0.4, -0.2) is 37.8 Å². The summed E-state index contributed by atoms with van der Waals surface area (Å²) in [5.74, 6) is -0.582. The molecule has 0 atom stereocenters. The second-order valence-corrected chi connectivity index (χ2v) is 5.47. The SMILES string of the molecule is CCCNC(=O)C(=O)N/N=C\c1cc(Cl)c(OCCC)c(OCC)c1. The summed E-state index contributed by atoms with van der Waals surface area (Å²) < 4.78 is 11.2. The first-order valence-electron chi connectivity index (χ1n) is 8.23. The summed E-state index contributed by atoms with van der Waals surface area (Å²) in [6.07, 6.45) is 2.97. The van der Waals surface area contributed by atoms with E-state index in [4.69, 9.17) is 21.1 Å². The molecule has 0 aliphatic carbocycles. The monoisotopic (exact) mass is 369 g/mol. The number of carbonyl (C=O) groups is 2. The van der Waals surface area contributed by atoms with E-state index in [9.17, 15) is 9.59 Å². The Morgan fingerprint density at radius 3 is 2.56 bits per heavy atom. The second-order valence-electron chi connectivity index (χ2n) is 5.07. The number of ether oxygens (including phenoxy) is 2. The van der Waals surface area contributed by atoms with Gasteiger partial charge in [-0.15, -0.1) is 0 Å². The summed E-state index contributed by atoms with van der Waals surface area (Å²) in [7, 11) is 0. The highest BCUT2D eigenvalue weighted by Crippen LogP contribution is 2.36. The maximum Gasteiger partial charge on any atom is 0.329 e. The molecule has 0 aliphatic rings. The summed E-state index contributed by atoms with van der Waals surface area (Å²) in [4.78, 5) is 23.0. The van der Waals surface area contributed by atoms with Crippen molar-refractivity contribution in [2.75, 3.05) is 19.8 Å². The predicted octanol–water partition coefficient (Wildman–Crippen LogP) is 2.50. The van der Waals surface area contributed by atoms with Crippen molar-refractivity contribution in [3.05, 3.63) is 22.7 Å². The smallest absolute Gasteiger partial charge is 0.329 e. The largest absolute Gasteiger partial charge is 0.490 e. The third kappa shape index (κ3) is 7.01. The van der Waals surface area contributed by atoms with Crippen LogP contribution in [0.3, 0.4) is 0 Å². The first-order chi connectivity index (χ1) is 12.0. The molecule has 8 heteroatoms. The van der Waals surface area contributed by atoms with Gasteiger partial charge in [0.25, 0.3) is 0 Å². The van der Waals surface area contributed by atoms with Crippen molar-refractivity contribution in [3.8, 4) is 11.5 Å². The molecule has 0 bridgehead atoms. The van der Waals surface area contributed by atoms with Crippen LogP contribution in [-0.2, 0) is 9.59 Å². The number of carbonyl (C=O) groups excluding carboxylic acids is 2. The zero-order valence-electron chi connectivity index (χ0n) is 14.7. The number of hydrogen-bond donors (Lipinski definition) is 2. The van der Waals surface area contributed by atoms with Crippen molar-refractivity contribution >= 4 is 29.6 Å². The number of rotatable bonds is 9. The van der Waals surface area contributed by atoms with Crippen LogP contribution in [0.15, 0.2) is 17.2 Å². The molecule has 0 fully saturated rings. The first-order valence-corrected chi connectivity index (χ1v) is 8.61. The van der Waals surface area contributed by atoms with Gasteiger partial charge in [-0.2, -0.15) is 5.10 Å². The van der Waals surface area contributed by atoms with Crippen molar-refractivity contribution in [1.82, 2.24) is 10.7 Å². The molecule has 0 saturated heterocycles. The molecule has 2 amide bonds. The summed E-state index contributed by atoms with van der Waals surface area (Å²) in [5, 5.41) is 6.61. The summed E-state index contributed by atoms with van der Waals surface area (Å²) in [6, 6.07) is 3.34. The van der Waals surface area contributed by atoms with Gasteiger partial charge in [0.15, 0.2) is 11.5 Å². The van der Waals surface area contributed by atoms with Gasteiger partial charge in [-0.3, -0.25) is 9.59 Å². The zero-order chi connectivity index (χ0) is 18.7. The van der Waals surface area contributed by atoms with E-state index in [1.54, 1.807) is 12.1 Å². The van der Waals surface area contributed by atoms with Crippen molar-refractivity contribution in [1.29, 1.82) is 0 Å². The standard InChI is InChI=1S/C17H24ClN3O4/c1-4-7-19-16(22)17(23)21-20-11-12-9-13(18)15(25-8-5-2)14(10-12)24-6-3/h9-11H,4-8H2,1-3H3,(H,19,22)(H,21,23)/b20-11-. The lowest BCUT2D eigenvalue weighted by molar-refractivity contribution is -0.139. The fourth-order valence-corrected chi connectivity index (χ4v) is 2.08. The number of hydrogen-bond acceptors (Lipinski definition) is 5. The predicted molar refractivity (Wildman–Crippen MR) is 97.4 cm³/mol. The molecule has 0 spiro atoms. The molecule has 25 heavy (non-hydrogen) atoms. The molecule has 0 radical (unpaired) electrons. The molecule has 0 aliphatic heterocycles. The number of hydrazone groups is 1. The topological polar surface area (TPSA) is 89.0 Å². The quantitative estimate of drug-likeness (QED) is 0.397. The number of halogens is 1. The van der Waals surface area contributed by atoms with Gasteiger partial charge in [0.05, 0.1) is 24.5 Å². The average molecular weight is 370 g/mol. The minimum absolute atomic E-state index is 0.382. The maximum atomic E-state index is 11.5. The van der Waals surface area contributed by atoms with Gasteiger partial charge in [-0.05, 0) is 37.5 Å². The van der Waals surface area contributed by atoms with Crippen LogP contribution in [0.25, 0.3) is 0 Å². The molecule has 138 valence electrons. The summed E-state index contributed by atoms with van der Waals surface area (Å²) >= 11 is 6.24. The fourth-order valence-electron chi connectivity index (χ4n) is 1.80. The number of amides is 2. The minimum Gasteiger partial charge on any atom is -0.490 e. The Bertz CT molecular complexity index is 620. The third-order valence-corrected chi connectivity index (χ3v) is 3.18. The number of benzene rings is 1. The van der Waals surface area contributed by atoms with Crippen molar-refractivity contribution in [3.63, 3.8) is 0 Å². The lowest BCUT2D eigenvalue weighted by Gasteiger charge is -2.13. The van der Waals surface area contributed by atoms with Gasteiger partial charge >= 0.3 is 11.8 Å². The van der Waals surface area contributed by atoms with Crippen LogP contribution in [0.1, 0.15) is 39.2 Å². The van der Waals surface area contributed by atoms with Crippen molar-refractivity contribution < 1.29 is 19.1 Å². The number of nitrogens with one attached hydrogen (secondary N) is 2. The highest BCUT2D eigenvalue weighted by molar-refractivity contribution is 6.35. The van der Waals surface area contributed by atoms with Gasteiger partial charge in [0.2, 0.25) is 0 Å². The van der Waals surface area contributed by atoms with Gasteiger partial charge < -0.3 is 14.8 Å². The molecule has 7 nitrogen and oxygen atoms in total. The van der Waals surface area contributed by atoms with E-state index >= 15 is 0 Å². The van der Waals surface area contributed by atoms with Crippen molar-refractivity contribution in [2.45, 2.75) is 33.6 Å². The molecule has 2 N–H and O–H groups in total. The molecule has 0 saturated carbocycles. The molecular weight excluding hydrogens is 346 g/mol. The Morgan fingerprint density at radius 1 is 1.16 bits per heavy atom. The highest BCUT2D eigenvalue weighted by atomic mass is 35.5. The van der Waals surface area contributed by atoms with Crippen LogP contribution in [0, 0.1) is 0 Å². The Hall–Kier alpha value is -2.28. The van der Waals surface area contributed by atoms with Gasteiger partial charge in [0.1, 0.15) is 0 Å². The van der Waals surface area contributed by atoms with E-state index in [-0.39, 0.29) is 0 Å². The lowest BCUT2D eigenvalue weighted by atomic mass is 10.2. The average Bonchev–Trinajstić information content (AvgIpc) is 2.59. The van der Waals surface area contributed by atoms with E-state index < -0.39 is 11.8 Å². The molecule has 0 aromatic heterocycles. The molecular formula is C17H24ClN3O4. The molecule has 0 heterocycles. The Morgan fingerprint density at radius 2 is 1.92 bits per heavy atom. The normalized spacial score (nSPS) is 10.6. The molecule has 1 rings (SSSR count). The van der Waals surface area contributed by atoms with E-state index in [1.165, 1.54) is 6.21 Å². The molecule has 1 aromatic carbocycles. The fraction of sp³-hybridized carbons (Fsp3) is 0.471. The van der Waals surface area contributed by atoms with Gasteiger partial charge in [-0.1, -0.05) is 25.4 Å². The first kappa shape index (κ1) is 20.8. The van der Waals surface area contributed by atoms with Crippen molar-refractivity contribution in [2.24, 2.45) is 5.10 Å². The summed E-state index contributed by atoms with van der Waals surface area (Å²) in [5.41, 5.74) is 2.77. The lowest BCUT2D eigenvalue weighted by Crippen LogP contribution is -2.38. The zero-order valence-corrected chi connectivity index (χ0v) is 15.5. The van der Waals surface area contributed by atoms with Crippen LogP contribution < -0.4 is 20.2 Å². The van der Waals surface area contributed by atoms with Crippen LogP contribution in [0.2, 0.25) is 5.02 Å². The Kier molecular flexibility index (Phi) is 9.39. The van der Waals surface area contributed by atoms with Crippen LogP contribution in [0.5, 0.6) is 11.5 Å². The third-order valence-electron chi connectivity index (χ3n) is 2.90. The molecule has 0 unspecified atom stereocenters. The number of nitrogens with zero attached hydrogens (tertiary/aromatic N) is 1. The van der Waals surface area contributed by atoms with Crippen LogP contribution >= 0.6 is 11.6 Å². The van der Waals surface area contributed by atoms with Gasteiger partial charge in [0, 0.05) is 6.54 Å². The van der Waals surface area contributed by atoms with E-state index in [0.717, 1.165) is 12.8 Å². The van der Waals surface area contributed by atoms with E-state index in [2.05, 4.69) is 15.8 Å². The summed E-state index contributed by atoms with van der Waals surface area (Å²) in [6.45, 7) is 7.15. The van der Waals surface area contributed by atoms with Gasteiger partial charge in [-0.25, -0.2) is 5.43 Å². The Labute approximate surface area is 152 Å². The molecule has 1 aromatic rings. The minimum atomic E-state index is -0.830. The van der Waals surface area contributed by atoms with E-state index in [1.807, 2.05) is 20.8 Å². The van der Waals surface area contributed by atoms with E-state index in [0.29, 0.717) is 41.8 Å². The maximum absolute atomic E-state index is 11.5. The second kappa shape index (κ2) is 11.3. The Balaban J connectivity index is 2.81.